The minimum Gasteiger partial charge on any atom is -0.390 e. The topological polar surface area (TPSA) is 155 Å². The van der Waals surface area contributed by atoms with E-state index in [1.807, 2.05) is 79.8 Å². The predicted octanol–water partition coefficient (Wildman–Crippen LogP) is 10.1. The number of hydrogen-bond acceptors (Lipinski definition) is 12. The van der Waals surface area contributed by atoms with Crippen LogP contribution in [-0.4, -0.2) is 138 Å². The highest BCUT2D eigenvalue weighted by molar-refractivity contribution is 8.13. The Morgan fingerprint density at radius 3 is 1.03 bits per heavy atom. The van der Waals surface area contributed by atoms with Crippen LogP contribution in [0, 0.1) is 0 Å². The molecule has 0 atom stereocenters. The number of aliphatic hydroxyl groups is 1. The second-order valence-corrected chi connectivity index (χ2v) is 24.8. The summed E-state index contributed by atoms with van der Waals surface area (Å²) in [5.41, 5.74) is 7.69. The lowest BCUT2D eigenvalue weighted by atomic mass is 9.93. The summed E-state index contributed by atoms with van der Waals surface area (Å²) in [6.45, 7) is 7.05. The summed E-state index contributed by atoms with van der Waals surface area (Å²) in [5.74, 6) is 0. The number of benzene rings is 6. The largest absolute Gasteiger partial charge is 0.390 e. The van der Waals surface area contributed by atoms with Gasteiger partial charge in [0.1, 0.15) is 6.10 Å². The van der Waals surface area contributed by atoms with Crippen LogP contribution in [0.15, 0.2) is 219 Å². The number of aromatic nitrogens is 4. The van der Waals surface area contributed by atoms with Gasteiger partial charge >= 0.3 is 0 Å². The minimum atomic E-state index is -3.39. The van der Waals surface area contributed by atoms with Gasteiger partial charge in [-0.3, -0.25) is 18.9 Å². The molecule has 418 valence electrons. The predicted molar refractivity (Wildman–Crippen MR) is 317 cm³/mol. The standard InChI is InChI=1S/C19H19N3.C17H19NO3S.C16H17NO.C6H9N3.CH2Cl2.CH3ClO2S/c1-3-7-16(8-4-1)19(17-9-5-2-6-10-17)22-13-18(14-22)21-12-11-20-15-21;1-22(19,20)21-16-12-18(13-16)17(14-8-4-2-5-9-14)15-10-6-3-7-11-15;18-15-11-17(12-15)16(13-7-3-1-4-8-13)14-9-5-2-6-10-14;1-2-9(5-7-1)6-3-8-4-6;2-1-3;1-5(2,3)4/h1-12,15,18-19H,13-14H2;2-11,16-17H,12-13H2,1H3;1-10,15-16,18H,11-12H2;1-2,5-6,8H,3-4H2;1H2;1H3. The Morgan fingerprint density at radius 1 is 0.506 bits per heavy atom. The van der Waals surface area contributed by atoms with Gasteiger partial charge in [-0.05, 0) is 33.4 Å². The molecule has 2 aromatic heterocycles. The molecule has 19 heteroatoms. The van der Waals surface area contributed by atoms with E-state index in [-0.39, 0.29) is 29.6 Å². The average Bonchev–Trinajstić information content (AvgIpc) is 4.16. The summed E-state index contributed by atoms with van der Waals surface area (Å²) in [6.07, 6.45) is 13.1. The van der Waals surface area contributed by atoms with E-state index in [0.29, 0.717) is 31.2 Å². The lowest BCUT2D eigenvalue weighted by molar-refractivity contribution is -0.0160. The molecule has 0 spiro atoms. The van der Waals surface area contributed by atoms with Gasteiger partial charge in [0.15, 0.2) is 0 Å². The van der Waals surface area contributed by atoms with Crippen molar-refractivity contribution >= 4 is 53.1 Å². The van der Waals surface area contributed by atoms with E-state index in [1.165, 1.54) is 33.4 Å². The Hall–Kier alpha value is -5.73. The van der Waals surface area contributed by atoms with Crippen LogP contribution in [0.1, 0.15) is 63.6 Å². The second-order valence-electron chi connectivity index (χ2n) is 19.4. The van der Waals surface area contributed by atoms with Gasteiger partial charge in [0.05, 0.1) is 66.8 Å². The van der Waals surface area contributed by atoms with Gasteiger partial charge in [-0.25, -0.2) is 18.4 Å². The van der Waals surface area contributed by atoms with Crippen molar-refractivity contribution in [2.45, 2.75) is 42.4 Å². The Bertz CT molecular complexity index is 3020. The molecule has 0 unspecified atom stereocenters. The molecule has 4 aliphatic heterocycles. The van der Waals surface area contributed by atoms with Crippen molar-refractivity contribution in [1.82, 2.24) is 39.1 Å². The fourth-order valence-electron chi connectivity index (χ4n) is 9.68. The van der Waals surface area contributed by atoms with Crippen molar-refractivity contribution in [3.8, 4) is 0 Å². The first-order valence-corrected chi connectivity index (χ1v) is 31.5. The zero-order valence-electron chi connectivity index (χ0n) is 44.3. The third-order valence-electron chi connectivity index (χ3n) is 13.4. The highest BCUT2D eigenvalue weighted by atomic mass is 35.7. The molecule has 0 aliphatic carbocycles. The summed E-state index contributed by atoms with van der Waals surface area (Å²) in [5, 5.41) is 12.9. The molecule has 79 heavy (non-hydrogen) atoms. The number of imidazole rings is 2. The first-order chi connectivity index (χ1) is 38.2. The summed E-state index contributed by atoms with van der Waals surface area (Å²) >= 11 is 9.53. The summed E-state index contributed by atoms with van der Waals surface area (Å²) in [7, 11) is -2.08. The molecule has 6 aromatic carbocycles. The number of β-amino-alcohol motifs (C(OH)–C–C–N with tert-alkyl or cyclic N) is 1. The van der Waals surface area contributed by atoms with Crippen molar-refractivity contribution in [2.24, 2.45) is 0 Å². The van der Waals surface area contributed by atoms with E-state index in [2.05, 4.69) is 189 Å². The van der Waals surface area contributed by atoms with Crippen molar-refractivity contribution in [1.29, 1.82) is 0 Å². The lowest BCUT2D eigenvalue weighted by Gasteiger charge is -2.45. The van der Waals surface area contributed by atoms with Crippen LogP contribution >= 0.6 is 33.9 Å². The highest BCUT2D eigenvalue weighted by Crippen LogP contribution is 2.37. The molecule has 6 heterocycles. The molecular formula is C60H69Cl3N8O6S2. The molecule has 12 rings (SSSR count). The molecule has 4 aliphatic rings. The Kier molecular flexibility index (Phi) is 23.7. The molecule has 8 aromatic rings. The van der Waals surface area contributed by atoms with Gasteiger partial charge in [-0.15, -0.1) is 23.2 Å². The van der Waals surface area contributed by atoms with Crippen molar-refractivity contribution in [2.75, 3.05) is 70.2 Å². The SMILES string of the molecule is CS(=O)(=O)Cl.CS(=O)(=O)OC1CN(C(c2ccccc2)c2ccccc2)C1.ClCCl.OC1CN(C(c2ccccc2)c2ccccc2)C1.c1ccc(C(c2ccccc2)N2CC(n3ccnc3)C2)cc1.c1cn(C2CNC2)cn1. The van der Waals surface area contributed by atoms with Crippen LogP contribution in [0.25, 0.3) is 0 Å². The number of rotatable bonds is 13. The Balaban J connectivity index is 0.000000150. The fourth-order valence-corrected chi connectivity index (χ4v) is 10.3. The molecule has 0 saturated carbocycles. The quantitative estimate of drug-likeness (QED) is 0.0642. The molecule has 0 amide bonds. The van der Waals surface area contributed by atoms with Crippen LogP contribution in [0.5, 0.6) is 0 Å². The second kappa shape index (κ2) is 30.7. The monoisotopic (exact) mass is 1170 g/mol. The van der Waals surface area contributed by atoms with Gasteiger partial charge in [-0.1, -0.05) is 182 Å². The van der Waals surface area contributed by atoms with Crippen molar-refractivity contribution in [3.63, 3.8) is 0 Å². The number of halogens is 3. The molecule has 4 saturated heterocycles. The fraction of sp³-hybridized carbons (Fsp3) is 0.300. The van der Waals surface area contributed by atoms with Crippen molar-refractivity contribution in [3.05, 3.63) is 253 Å². The maximum Gasteiger partial charge on any atom is 0.264 e. The van der Waals surface area contributed by atoms with E-state index in [0.717, 1.165) is 51.8 Å². The van der Waals surface area contributed by atoms with Crippen LogP contribution in [0.4, 0.5) is 0 Å². The third kappa shape index (κ3) is 19.5. The molecule has 4 fully saturated rings. The number of alkyl halides is 2. The van der Waals surface area contributed by atoms with Gasteiger partial charge in [0.25, 0.3) is 10.1 Å². The first-order valence-electron chi connectivity index (χ1n) is 25.9. The number of likely N-dealkylation sites (tertiary alicyclic amines) is 3. The normalized spacial score (nSPS) is 16.1. The van der Waals surface area contributed by atoms with E-state index in [1.54, 1.807) is 0 Å². The van der Waals surface area contributed by atoms with Crippen LogP contribution < -0.4 is 5.32 Å². The summed E-state index contributed by atoms with van der Waals surface area (Å²) in [4.78, 5) is 15.2. The van der Waals surface area contributed by atoms with E-state index in [9.17, 15) is 21.9 Å². The van der Waals surface area contributed by atoms with Crippen molar-refractivity contribution < 1.29 is 26.1 Å². The van der Waals surface area contributed by atoms with Crippen LogP contribution in [-0.2, 0) is 23.4 Å². The maximum atomic E-state index is 11.2. The third-order valence-corrected chi connectivity index (χ3v) is 14.0. The Labute approximate surface area is 480 Å². The minimum absolute atomic E-state index is 0.127. The summed E-state index contributed by atoms with van der Waals surface area (Å²) in [6, 6.07) is 64.9. The van der Waals surface area contributed by atoms with Gasteiger partial charge in [-0.2, -0.15) is 8.42 Å². The van der Waals surface area contributed by atoms with E-state index in [4.69, 9.17) is 27.4 Å². The van der Waals surface area contributed by atoms with E-state index < -0.39 is 19.2 Å². The summed E-state index contributed by atoms with van der Waals surface area (Å²) < 4.78 is 50.6. The smallest absolute Gasteiger partial charge is 0.264 e. The van der Waals surface area contributed by atoms with Crippen LogP contribution in [0.3, 0.4) is 0 Å². The molecular weight excluding hydrogens is 1100 g/mol. The van der Waals surface area contributed by atoms with Gasteiger partial charge in [0.2, 0.25) is 9.05 Å². The molecule has 0 radical (unpaired) electrons. The van der Waals surface area contributed by atoms with Gasteiger partial charge in [0, 0.05) is 87.8 Å². The zero-order chi connectivity index (χ0) is 56.0. The highest BCUT2D eigenvalue weighted by Gasteiger charge is 2.37. The number of nitrogens with one attached hydrogen (secondary N) is 1. The average molecular weight is 1170 g/mol. The van der Waals surface area contributed by atoms with Crippen LogP contribution in [0.2, 0.25) is 0 Å². The molecule has 14 nitrogen and oxygen atoms in total. The molecule has 2 N–H and O–H groups in total. The maximum absolute atomic E-state index is 11.2. The number of aliphatic hydroxyl groups excluding tert-OH is 1. The molecule has 0 bridgehead atoms. The Morgan fingerprint density at radius 2 is 0.785 bits per heavy atom. The first kappa shape index (κ1) is 60.9. The number of hydrogen-bond donors (Lipinski definition) is 2. The lowest BCUT2D eigenvalue weighted by Crippen LogP contribution is -2.54. The number of nitrogens with zero attached hydrogens (tertiary/aromatic N) is 7. The zero-order valence-corrected chi connectivity index (χ0v) is 48.2. The van der Waals surface area contributed by atoms with E-state index >= 15 is 0 Å². The van der Waals surface area contributed by atoms with Gasteiger partial charge < -0.3 is 19.6 Å².